The van der Waals surface area contributed by atoms with Gasteiger partial charge in [0.25, 0.3) is 5.69 Å². The number of carbonyl (C=O) groups is 1. The van der Waals surface area contributed by atoms with Crippen molar-refractivity contribution in [3.05, 3.63) is 68.4 Å². The van der Waals surface area contributed by atoms with Crippen LogP contribution in [0.3, 0.4) is 0 Å². The molecule has 0 radical (unpaired) electrons. The van der Waals surface area contributed by atoms with Crippen LogP contribution in [0, 0.1) is 21.4 Å². The fourth-order valence-electron chi connectivity index (χ4n) is 3.85. The lowest BCUT2D eigenvalue weighted by molar-refractivity contribution is -0.384. The summed E-state index contributed by atoms with van der Waals surface area (Å²) in [5, 5.41) is 32.8. The number of nitrogens with one attached hydrogen (secondary N) is 2. The molecule has 1 amide bonds. The van der Waals surface area contributed by atoms with E-state index >= 15 is 0 Å². The highest BCUT2D eigenvalue weighted by Gasteiger charge is 2.59. The van der Waals surface area contributed by atoms with E-state index in [4.69, 9.17) is 10.5 Å². The fraction of sp³-hybridized carbons (Fsp3) is 0.0556. The summed E-state index contributed by atoms with van der Waals surface area (Å²) in [6.07, 6.45) is 0. The third kappa shape index (κ3) is 2.03. The van der Waals surface area contributed by atoms with E-state index in [0.29, 0.717) is 16.9 Å². The number of nitriles is 1. The first kappa shape index (κ1) is 17.0. The minimum absolute atomic E-state index is 0.0411. The number of non-ortho nitro benzene ring substituents is 1. The highest BCUT2D eigenvalue weighted by molar-refractivity contribution is 7.13. The number of nitro groups is 1. The maximum Gasteiger partial charge on any atom is 0.269 e. The molecule has 1 spiro atoms. The van der Waals surface area contributed by atoms with Crippen LogP contribution in [0.1, 0.15) is 11.1 Å². The van der Waals surface area contributed by atoms with Crippen molar-refractivity contribution in [1.82, 2.24) is 10.2 Å². The quantitative estimate of drug-likeness (QED) is 0.435. The molecule has 2 aliphatic rings. The number of nitrogens with two attached hydrogens (primary N) is 1. The molecule has 0 fully saturated rings. The van der Waals surface area contributed by atoms with Gasteiger partial charge in [-0.15, -0.1) is 16.4 Å². The van der Waals surface area contributed by atoms with Crippen LogP contribution in [0.2, 0.25) is 0 Å². The molecular formula is C18H10N6O4S. The lowest BCUT2D eigenvalue weighted by atomic mass is 9.69. The second-order valence-corrected chi connectivity index (χ2v) is 7.35. The van der Waals surface area contributed by atoms with Crippen molar-refractivity contribution in [3.8, 4) is 22.5 Å². The number of fused-ring (bicyclic) bond motifs is 4. The predicted octanol–water partition coefficient (Wildman–Crippen LogP) is 2.37. The van der Waals surface area contributed by atoms with Crippen molar-refractivity contribution in [2.45, 2.75) is 5.41 Å². The molecule has 142 valence electrons. The zero-order valence-corrected chi connectivity index (χ0v) is 15.2. The number of rotatable bonds is 2. The van der Waals surface area contributed by atoms with Crippen LogP contribution in [0.4, 0.5) is 11.4 Å². The lowest BCUT2D eigenvalue weighted by Gasteiger charge is -2.31. The topological polar surface area (TPSA) is 160 Å². The van der Waals surface area contributed by atoms with Crippen LogP contribution in [0.15, 0.2) is 47.2 Å². The van der Waals surface area contributed by atoms with Gasteiger partial charge in [0.1, 0.15) is 17.1 Å². The van der Waals surface area contributed by atoms with Crippen LogP contribution >= 0.6 is 11.3 Å². The smallest absolute Gasteiger partial charge is 0.269 e. The molecule has 0 saturated heterocycles. The van der Waals surface area contributed by atoms with Gasteiger partial charge in [-0.2, -0.15) is 5.26 Å². The number of hydrogen-bond donors (Lipinski definition) is 3. The Morgan fingerprint density at radius 2 is 2.21 bits per heavy atom. The summed E-state index contributed by atoms with van der Waals surface area (Å²) in [5.74, 6) is -0.797. The Bertz CT molecular complexity index is 1290. The third-order valence-corrected chi connectivity index (χ3v) is 5.91. The van der Waals surface area contributed by atoms with Gasteiger partial charge in [-0.25, -0.2) is 0 Å². The Morgan fingerprint density at radius 3 is 2.90 bits per heavy atom. The summed E-state index contributed by atoms with van der Waals surface area (Å²) in [5.41, 5.74) is 5.26. The number of amides is 1. The molecule has 4 N–H and O–H groups in total. The zero-order valence-electron chi connectivity index (χ0n) is 14.4. The maximum absolute atomic E-state index is 13.4. The first-order chi connectivity index (χ1) is 14.0. The Kier molecular flexibility index (Phi) is 3.31. The number of H-pyrrole nitrogens is 1. The highest BCUT2D eigenvalue weighted by atomic mass is 32.1. The largest absolute Gasteiger partial charge is 0.420 e. The van der Waals surface area contributed by atoms with Gasteiger partial charge in [0.15, 0.2) is 0 Å². The molecule has 5 rings (SSSR count). The molecule has 0 bridgehead atoms. The monoisotopic (exact) mass is 406 g/mol. The predicted molar refractivity (Wildman–Crippen MR) is 102 cm³/mol. The van der Waals surface area contributed by atoms with E-state index in [2.05, 4.69) is 15.5 Å². The summed E-state index contributed by atoms with van der Waals surface area (Å²) in [4.78, 5) is 24.9. The molecular weight excluding hydrogens is 396 g/mol. The summed E-state index contributed by atoms with van der Waals surface area (Å²) in [6, 6.07) is 9.61. The van der Waals surface area contributed by atoms with Gasteiger partial charge in [0, 0.05) is 23.4 Å². The first-order valence-electron chi connectivity index (χ1n) is 8.29. The molecule has 2 aromatic heterocycles. The molecule has 1 aromatic carbocycles. The molecule has 3 aromatic rings. The number of nitro benzene ring substituents is 1. The average Bonchev–Trinajstić information content (AvgIpc) is 3.41. The Balaban J connectivity index is 1.92. The van der Waals surface area contributed by atoms with E-state index in [0.717, 1.165) is 4.88 Å². The minimum atomic E-state index is -1.72. The number of nitrogens with zero attached hydrogens (tertiary/aromatic N) is 3. The zero-order chi connectivity index (χ0) is 20.3. The summed E-state index contributed by atoms with van der Waals surface area (Å²) in [6.45, 7) is 0. The van der Waals surface area contributed by atoms with Gasteiger partial charge in [0.2, 0.25) is 17.7 Å². The van der Waals surface area contributed by atoms with Crippen LogP contribution < -0.4 is 15.8 Å². The van der Waals surface area contributed by atoms with Crippen molar-refractivity contribution in [3.63, 3.8) is 0 Å². The van der Waals surface area contributed by atoms with Gasteiger partial charge in [-0.3, -0.25) is 20.0 Å². The molecule has 29 heavy (non-hydrogen) atoms. The average molecular weight is 406 g/mol. The normalized spacial score (nSPS) is 19.3. The third-order valence-electron chi connectivity index (χ3n) is 5.02. The molecule has 1 atom stereocenters. The number of ether oxygens (including phenoxy) is 1. The van der Waals surface area contributed by atoms with E-state index in [1.807, 2.05) is 23.6 Å². The summed E-state index contributed by atoms with van der Waals surface area (Å²) in [7, 11) is 0. The molecule has 0 aliphatic carbocycles. The molecule has 0 unspecified atom stereocenters. The summed E-state index contributed by atoms with van der Waals surface area (Å²) >= 11 is 1.40. The molecule has 0 saturated carbocycles. The van der Waals surface area contributed by atoms with E-state index in [1.165, 1.54) is 29.5 Å². The number of carbonyl (C=O) groups excluding carboxylic acids is 1. The minimum Gasteiger partial charge on any atom is -0.420 e. The number of hydrogen-bond acceptors (Lipinski definition) is 8. The standard InChI is InChI=1S/C18H10N6O4S/c19-7-10-15(20)28-16-13(14(22-23-16)12-2-1-5-29-12)18(10)9-6-8(24(26)27)3-4-11(9)21-17(18)25/h1-6H,20H2,(H,21,25)(H,22,23)/t18-/m1/s1. The fourth-order valence-corrected chi connectivity index (χ4v) is 4.58. The SMILES string of the molecule is N#CC1=C(N)Oc2n[nH]c(-c3cccs3)c2[C@]12C(=O)Nc1ccc([N+](=O)[O-])cc12. The van der Waals surface area contributed by atoms with Gasteiger partial charge in [0.05, 0.1) is 21.1 Å². The molecule has 10 nitrogen and oxygen atoms in total. The second-order valence-electron chi connectivity index (χ2n) is 6.40. The Labute approximate surface area is 166 Å². The van der Waals surface area contributed by atoms with E-state index in [-0.39, 0.29) is 28.6 Å². The second kappa shape index (κ2) is 5.66. The molecule has 11 heteroatoms. The Morgan fingerprint density at radius 1 is 1.38 bits per heavy atom. The van der Waals surface area contributed by atoms with Crippen LogP contribution in [-0.4, -0.2) is 21.0 Å². The van der Waals surface area contributed by atoms with Gasteiger partial charge < -0.3 is 15.8 Å². The number of benzene rings is 1. The number of aromatic nitrogens is 2. The lowest BCUT2D eigenvalue weighted by Crippen LogP contribution is -2.42. The van der Waals surface area contributed by atoms with Crippen LogP contribution in [0.25, 0.3) is 10.6 Å². The first-order valence-corrected chi connectivity index (χ1v) is 9.17. The van der Waals surface area contributed by atoms with E-state index in [1.54, 1.807) is 0 Å². The van der Waals surface area contributed by atoms with Crippen molar-refractivity contribution >= 4 is 28.6 Å². The highest BCUT2D eigenvalue weighted by Crippen LogP contribution is 2.56. The van der Waals surface area contributed by atoms with Crippen molar-refractivity contribution in [2.24, 2.45) is 5.73 Å². The van der Waals surface area contributed by atoms with Gasteiger partial charge in [-0.1, -0.05) is 6.07 Å². The number of aromatic amines is 1. The van der Waals surface area contributed by atoms with Crippen LogP contribution in [0.5, 0.6) is 5.88 Å². The van der Waals surface area contributed by atoms with Crippen molar-refractivity contribution < 1.29 is 14.5 Å². The number of thiophene rings is 1. The van der Waals surface area contributed by atoms with E-state index in [9.17, 15) is 20.2 Å². The van der Waals surface area contributed by atoms with Crippen LogP contribution in [-0.2, 0) is 10.2 Å². The Hall–Kier alpha value is -4.17. The molecule has 4 heterocycles. The van der Waals surface area contributed by atoms with E-state index < -0.39 is 16.2 Å². The van der Waals surface area contributed by atoms with Crippen molar-refractivity contribution in [1.29, 1.82) is 5.26 Å². The number of anilines is 1. The maximum atomic E-state index is 13.4. The van der Waals surface area contributed by atoms with Gasteiger partial charge >= 0.3 is 0 Å². The van der Waals surface area contributed by atoms with Crippen molar-refractivity contribution in [2.75, 3.05) is 5.32 Å². The molecule has 2 aliphatic heterocycles. The summed E-state index contributed by atoms with van der Waals surface area (Å²) < 4.78 is 5.53. The van der Waals surface area contributed by atoms with Gasteiger partial charge in [-0.05, 0) is 17.5 Å².